The van der Waals surface area contributed by atoms with Crippen molar-refractivity contribution < 1.29 is 19.1 Å². The van der Waals surface area contributed by atoms with E-state index in [1.165, 1.54) is 11.8 Å². The van der Waals surface area contributed by atoms with Crippen molar-refractivity contribution in [1.82, 2.24) is 4.90 Å². The minimum atomic E-state index is -0.383. The van der Waals surface area contributed by atoms with Gasteiger partial charge < -0.3 is 14.8 Å². The molecule has 3 aromatic rings. The summed E-state index contributed by atoms with van der Waals surface area (Å²) in [6.07, 6.45) is 1.78. The van der Waals surface area contributed by atoms with Crippen LogP contribution in [-0.4, -0.2) is 34.2 Å². The molecule has 1 heterocycles. The van der Waals surface area contributed by atoms with Crippen LogP contribution in [0.5, 0.6) is 11.5 Å². The Morgan fingerprint density at radius 2 is 1.76 bits per heavy atom. The zero-order chi connectivity index (χ0) is 27.2. The molecule has 1 aliphatic rings. The molecule has 4 rings (SSSR count). The van der Waals surface area contributed by atoms with Crippen molar-refractivity contribution in [2.24, 2.45) is 0 Å². The first-order valence-corrected chi connectivity index (χ1v) is 13.7. The second-order valence-electron chi connectivity index (χ2n) is 8.27. The third-order valence-electron chi connectivity index (χ3n) is 5.56. The molecule has 1 atom stereocenters. The summed E-state index contributed by atoms with van der Waals surface area (Å²) in [6.45, 7) is 3.95. The van der Waals surface area contributed by atoms with Gasteiger partial charge in [0, 0.05) is 15.7 Å². The van der Waals surface area contributed by atoms with Crippen LogP contribution in [0.25, 0.3) is 6.08 Å². The number of nitrogens with zero attached hydrogens (tertiary/aromatic N) is 1. The Morgan fingerprint density at radius 1 is 1.05 bits per heavy atom. The molecule has 0 saturated carbocycles. The molecule has 0 radical (unpaired) electrons. The molecule has 2 amide bonds. The Morgan fingerprint density at radius 3 is 2.45 bits per heavy atom. The Hall–Kier alpha value is -3.04. The number of ether oxygens (including phenoxy) is 2. The van der Waals surface area contributed by atoms with Crippen LogP contribution < -0.4 is 14.8 Å². The number of carbonyl (C=O) groups is 2. The van der Waals surface area contributed by atoms with Gasteiger partial charge in [0.1, 0.15) is 4.32 Å². The number of thioether (sulfide) groups is 1. The lowest BCUT2D eigenvalue weighted by Gasteiger charge is -2.23. The summed E-state index contributed by atoms with van der Waals surface area (Å²) in [7, 11) is 0. The first-order valence-electron chi connectivity index (χ1n) is 11.7. The van der Waals surface area contributed by atoms with Crippen molar-refractivity contribution in [1.29, 1.82) is 0 Å². The van der Waals surface area contributed by atoms with Gasteiger partial charge in [0.05, 0.1) is 17.6 Å². The predicted octanol–water partition coefficient (Wildman–Crippen LogP) is 7.37. The summed E-state index contributed by atoms with van der Waals surface area (Å²) >= 11 is 18.8. The van der Waals surface area contributed by atoms with E-state index >= 15 is 0 Å². The maximum atomic E-state index is 13.2. The summed E-state index contributed by atoms with van der Waals surface area (Å²) in [6, 6.07) is 19.6. The van der Waals surface area contributed by atoms with Crippen molar-refractivity contribution in [3.05, 3.63) is 92.8 Å². The highest BCUT2D eigenvalue weighted by Crippen LogP contribution is 2.39. The highest BCUT2D eigenvalue weighted by atomic mass is 35.5. The van der Waals surface area contributed by atoms with Gasteiger partial charge in [-0.1, -0.05) is 83.6 Å². The molecule has 0 aromatic heterocycles. The Labute approximate surface area is 240 Å². The molecule has 38 heavy (non-hydrogen) atoms. The average molecular weight is 588 g/mol. The van der Waals surface area contributed by atoms with Crippen molar-refractivity contribution in [2.75, 3.05) is 18.5 Å². The van der Waals surface area contributed by atoms with E-state index in [2.05, 4.69) is 5.32 Å². The maximum Gasteiger partial charge on any atom is 0.266 e. The molecule has 0 unspecified atom stereocenters. The zero-order valence-corrected chi connectivity index (χ0v) is 23.7. The van der Waals surface area contributed by atoms with E-state index in [-0.39, 0.29) is 24.5 Å². The van der Waals surface area contributed by atoms with Crippen LogP contribution in [0.15, 0.2) is 71.6 Å². The fourth-order valence-electron chi connectivity index (χ4n) is 3.81. The first kappa shape index (κ1) is 28.0. The molecule has 10 heteroatoms. The summed E-state index contributed by atoms with van der Waals surface area (Å²) in [4.78, 5) is 27.8. The van der Waals surface area contributed by atoms with Crippen molar-refractivity contribution >= 4 is 75.1 Å². The zero-order valence-electron chi connectivity index (χ0n) is 20.6. The second-order valence-corrected chi connectivity index (χ2v) is 10.8. The van der Waals surface area contributed by atoms with E-state index in [1.54, 1.807) is 47.4 Å². The van der Waals surface area contributed by atoms with Crippen molar-refractivity contribution in [2.45, 2.75) is 19.9 Å². The van der Waals surface area contributed by atoms with Gasteiger partial charge in [0.2, 0.25) is 0 Å². The normalized spacial score (nSPS) is 15.1. The second kappa shape index (κ2) is 12.7. The van der Waals surface area contributed by atoms with Gasteiger partial charge in [-0.3, -0.25) is 14.5 Å². The smallest absolute Gasteiger partial charge is 0.266 e. The van der Waals surface area contributed by atoms with Gasteiger partial charge >= 0.3 is 0 Å². The number of thiocarbonyl (C=S) groups is 1. The number of anilines is 1. The predicted molar refractivity (Wildman–Crippen MR) is 158 cm³/mol. The van der Waals surface area contributed by atoms with Crippen LogP contribution in [0, 0.1) is 0 Å². The number of nitrogens with one attached hydrogen (secondary N) is 1. The first-order chi connectivity index (χ1) is 18.2. The topological polar surface area (TPSA) is 67.9 Å². The van der Waals surface area contributed by atoms with E-state index in [0.717, 1.165) is 11.1 Å². The molecule has 0 bridgehead atoms. The number of halogens is 2. The van der Waals surface area contributed by atoms with E-state index in [9.17, 15) is 9.59 Å². The number of carbonyl (C=O) groups excluding carboxylic acids is 2. The number of benzene rings is 3. The molecule has 1 aliphatic heterocycles. The Balaban J connectivity index is 1.46. The standard InChI is InChI=1S/C28H24Cl2N2O4S2/c1-3-35-24-11-18(9-10-23(24)36-16-26(33)31-22-14-20(29)13-21(30)15-22)12-25-27(34)32(28(37)38-25)17(2)19-7-5-4-6-8-19/h4-15,17H,3,16H2,1-2H3,(H,31,33)/b25-12-/t17-/m0/s1. The minimum Gasteiger partial charge on any atom is -0.490 e. The van der Waals surface area contributed by atoms with Crippen LogP contribution >= 0.6 is 47.2 Å². The van der Waals surface area contributed by atoms with E-state index in [0.29, 0.717) is 43.1 Å². The monoisotopic (exact) mass is 586 g/mol. The van der Waals surface area contributed by atoms with E-state index in [4.69, 9.17) is 44.9 Å². The average Bonchev–Trinajstić information content (AvgIpc) is 3.15. The quantitative estimate of drug-likeness (QED) is 0.208. The molecule has 196 valence electrons. The highest BCUT2D eigenvalue weighted by molar-refractivity contribution is 8.26. The van der Waals surface area contributed by atoms with E-state index in [1.807, 2.05) is 44.2 Å². The van der Waals surface area contributed by atoms with Crippen LogP contribution in [0.4, 0.5) is 5.69 Å². The Kier molecular flexibility index (Phi) is 9.33. The third-order valence-corrected chi connectivity index (χ3v) is 7.33. The maximum absolute atomic E-state index is 13.2. The van der Waals surface area contributed by atoms with Crippen LogP contribution in [0.1, 0.15) is 31.0 Å². The molecule has 3 aromatic carbocycles. The number of hydrogen-bond donors (Lipinski definition) is 1. The lowest BCUT2D eigenvalue weighted by Crippen LogP contribution is -2.30. The number of hydrogen-bond acceptors (Lipinski definition) is 6. The number of amides is 2. The molecule has 0 spiro atoms. The van der Waals surface area contributed by atoms with Crippen LogP contribution in [-0.2, 0) is 9.59 Å². The van der Waals surface area contributed by atoms with Crippen molar-refractivity contribution in [3.63, 3.8) is 0 Å². The SMILES string of the molecule is CCOc1cc(/C=C2\SC(=S)N([C@@H](C)c3ccccc3)C2=O)ccc1OCC(=O)Nc1cc(Cl)cc(Cl)c1. The Bertz CT molecular complexity index is 1380. The van der Waals surface area contributed by atoms with E-state index < -0.39 is 0 Å². The summed E-state index contributed by atoms with van der Waals surface area (Å²) in [5.74, 6) is 0.319. The minimum absolute atomic E-state index is 0.146. The fraction of sp³-hybridized carbons (Fsp3) is 0.179. The van der Waals surface area contributed by atoms with Crippen LogP contribution in [0.2, 0.25) is 10.0 Å². The molecule has 1 fully saturated rings. The molecule has 0 aliphatic carbocycles. The number of rotatable bonds is 9. The molecule has 1 saturated heterocycles. The van der Waals surface area contributed by atoms with Gasteiger partial charge in [-0.05, 0) is 61.4 Å². The molecule has 6 nitrogen and oxygen atoms in total. The summed E-state index contributed by atoms with van der Waals surface area (Å²) < 4.78 is 12.0. The van der Waals surface area contributed by atoms with Crippen molar-refractivity contribution in [3.8, 4) is 11.5 Å². The summed E-state index contributed by atoms with van der Waals surface area (Å²) in [5.41, 5.74) is 2.22. The van der Waals surface area contributed by atoms with Gasteiger partial charge in [0.15, 0.2) is 18.1 Å². The lowest BCUT2D eigenvalue weighted by atomic mass is 10.1. The highest BCUT2D eigenvalue weighted by Gasteiger charge is 2.35. The van der Waals surface area contributed by atoms with Gasteiger partial charge in [0.25, 0.3) is 11.8 Å². The summed E-state index contributed by atoms with van der Waals surface area (Å²) in [5, 5.41) is 3.52. The van der Waals surface area contributed by atoms with Gasteiger partial charge in [-0.25, -0.2) is 0 Å². The van der Waals surface area contributed by atoms with Gasteiger partial charge in [-0.2, -0.15) is 0 Å². The lowest BCUT2D eigenvalue weighted by molar-refractivity contribution is -0.123. The van der Waals surface area contributed by atoms with Crippen LogP contribution in [0.3, 0.4) is 0 Å². The molecule has 1 N–H and O–H groups in total. The third kappa shape index (κ3) is 6.88. The van der Waals surface area contributed by atoms with Gasteiger partial charge in [-0.15, -0.1) is 0 Å². The molecular weight excluding hydrogens is 563 g/mol. The largest absolute Gasteiger partial charge is 0.490 e. The molecular formula is C28H24Cl2N2O4S2. The fourth-order valence-corrected chi connectivity index (χ4v) is 5.76.